The molecule has 1 N–H and O–H groups in total. The van der Waals surface area contributed by atoms with Crippen LogP contribution in [-0.4, -0.2) is 38.9 Å². The Balaban J connectivity index is 1.57. The highest BCUT2D eigenvalue weighted by molar-refractivity contribution is 8.00. The number of hydrogen-bond donors (Lipinski definition) is 1. The third-order valence-corrected chi connectivity index (χ3v) is 6.95. The van der Waals surface area contributed by atoms with Crippen molar-refractivity contribution >= 4 is 23.5 Å². The number of rotatable bonds is 6. The van der Waals surface area contributed by atoms with Gasteiger partial charge in [0.1, 0.15) is 34.4 Å². The first kappa shape index (κ1) is 22.3. The van der Waals surface area contributed by atoms with Gasteiger partial charge >= 0.3 is 0 Å². The number of hydrogen-bond acceptors (Lipinski definition) is 7. The van der Waals surface area contributed by atoms with Gasteiger partial charge in [0.05, 0.1) is 29.7 Å². The number of thioether (sulfide) groups is 1. The number of carbonyl (C=O) groups excluding carboxylic acids is 1. The van der Waals surface area contributed by atoms with Gasteiger partial charge in [-0.15, -0.1) is 0 Å². The molecule has 1 amide bonds. The topological polar surface area (TPSA) is 117 Å². The van der Waals surface area contributed by atoms with Gasteiger partial charge in [-0.3, -0.25) is 4.79 Å². The van der Waals surface area contributed by atoms with E-state index in [1.807, 2.05) is 0 Å². The summed E-state index contributed by atoms with van der Waals surface area (Å²) in [4.78, 5) is 21.5. The van der Waals surface area contributed by atoms with E-state index in [0.717, 1.165) is 56.4 Å². The first-order valence-electron chi connectivity index (χ1n) is 11.0. The van der Waals surface area contributed by atoms with Gasteiger partial charge in [0.15, 0.2) is 0 Å². The quantitative estimate of drug-likeness (QED) is 0.529. The van der Waals surface area contributed by atoms with E-state index >= 15 is 0 Å². The zero-order valence-electron chi connectivity index (χ0n) is 18.4. The van der Waals surface area contributed by atoms with Crippen LogP contribution in [0.1, 0.15) is 59.6 Å². The molecule has 0 radical (unpaired) electrons. The zero-order chi connectivity index (χ0) is 22.7. The largest absolute Gasteiger partial charge is 0.376 e. The summed E-state index contributed by atoms with van der Waals surface area (Å²) < 4.78 is 7.94. The van der Waals surface area contributed by atoms with Gasteiger partial charge in [0, 0.05) is 12.3 Å². The minimum Gasteiger partial charge on any atom is -0.376 e. The van der Waals surface area contributed by atoms with E-state index in [-0.39, 0.29) is 17.8 Å². The van der Waals surface area contributed by atoms with E-state index in [0.29, 0.717) is 40.0 Å². The number of anilines is 1. The minimum atomic E-state index is -0.229. The van der Waals surface area contributed by atoms with Gasteiger partial charge in [-0.05, 0) is 57.9 Å². The summed E-state index contributed by atoms with van der Waals surface area (Å²) in [5, 5.41) is 22.8. The maximum atomic E-state index is 12.9. The molecule has 166 valence electrons. The van der Waals surface area contributed by atoms with E-state index < -0.39 is 0 Å². The summed E-state index contributed by atoms with van der Waals surface area (Å²) in [7, 11) is 0. The Morgan fingerprint density at radius 2 is 1.97 bits per heavy atom. The molecule has 0 bridgehead atoms. The Bertz CT molecular complexity index is 1120. The molecule has 0 aromatic carbocycles. The average Bonchev–Trinajstić information content (AvgIpc) is 3.39. The van der Waals surface area contributed by atoms with Crippen molar-refractivity contribution < 1.29 is 9.53 Å². The summed E-state index contributed by atoms with van der Waals surface area (Å²) in [6, 6.07) is 4.46. The van der Waals surface area contributed by atoms with Gasteiger partial charge < -0.3 is 14.6 Å². The Kier molecular flexibility index (Phi) is 6.78. The summed E-state index contributed by atoms with van der Waals surface area (Å²) >= 11 is 1.21. The van der Waals surface area contributed by atoms with E-state index in [2.05, 4.69) is 32.0 Å². The molecule has 8 nitrogen and oxygen atoms in total. The lowest BCUT2D eigenvalue weighted by Crippen LogP contribution is -2.23. The van der Waals surface area contributed by atoms with Crippen molar-refractivity contribution in [1.82, 2.24) is 14.5 Å². The molecule has 4 rings (SSSR count). The molecular weight excluding hydrogens is 424 g/mol. The maximum absolute atomic E-state index is 12.9. The number of nitrogens with zero attached hydrogens (tertiary/aromatic N) is 5. The minimum absolute atomic E-state index is 0.0885. The SMILES string of the molecule is Cc1nc(C)c(C#N)c(SCC(=O)Nc2c(C#N)c3c(n2CC2CCCO2)CCCC3)n1. The molecule has 0 spiro atoms. The highest BCUT2D eigenvalue weighted by Gasteiger charge is 2.28. The number of nitrogens with one attached hydrogen (secondary N) is 1. The molecule has 1 aliphatic carbocycles. The first-order valence-corrected chi connectivity index (χ1v) is 11.9. The van der Waals surface area contributed by atoms with Crippen LogP contribution in [-0.2, 0) is 28.9 Å². The number of aryl methyl sites for hydroxylation is 2. The lowest BCUT2D eigenvalue weighted by Gasteiger charge is -2.19. The van der Waals surface area contributed by atoms with Crippen LogP contribution in [0.25, 0.3) is 0 Å². The molecule has 2 aromatic heterocycles. The number of amides is 1. The van der Waals surface area contributed by atoms with E-state index in [1.54, 1.807) is 13.8 Å². The van der Waals surface area contributed by atoms with Gasteiger partial charge in [0.2, 0.25) is 5.91 Å². The number of aromatic nitrogens is 3. The fourth-order valence-electron chi connectivity index (χ4n) is 4.53. The molecule has 1 atom stereocenters. The van der Waals surface area contributed by atoms with Crippen molar-refractivity contribution in [1.29, 1.82) is 10.5 Å². The van der Waals surface area contributed by atoms with Gasteiger partial charge in [0.25, 0.3) is 0 Å². The number of fused-ring (bicyclic) bond motifs is 1. The van der Waals surface area contributed by atoms with Crippen molar-refractivity contribution in [2.24, 2.45) is 0 Å². The van der Waals surface area contributed by atoms with Crippen LogP contribution in [0.2, 0.25) is 0 Å². The Morgan fingerprint density at radius 1 is 1.19 bits per heavy atom. The van der Waals surface area contributed by atoms with E-state index in [4.69, 9.17) is 4.74 Å². The first-order chi connectivity index (χ1) is 15.5. The predicted octanol–water partition coefficient (Wildman–Crippen LogP) is 3.43. The third kappa shape index (κ3) is 4.50. The third-order valence-electron chi connectivity index (χ3n) is 5.97. The van der Waals surface area contributed by atoms with Crippen molar-refractivity contribution in [3.8, 4) is 12.1 Å². The highest BCUT2D eigenvalue weighted by Crippen LogP contribution is 2.34. The van der Waals surface area contributed by atoms with Gasteiger partial charge in [-0.2, -0.15) is 10.5 Å². The van der Waals surface area contributed by atoms with Crippen LogP contribution in [0.15, 0.2) is 5.03 Å². The predicted molar refractivity (Wildman–Crippen MR) is 120 cm³/mol. The lowest BCUT2D eigenvalue weighted by molar-refractivity contribution is -0.113. The Hall–Kier alpha value is -2.88. The van der Waals surface area contributed by atoms with Crippen molar-refractivity contribution in [2.45, 2.75) is 70.0 Å². The van der Waals surface area contributed by atoms with Crippen LogP contribution >= 0.6 is 11.8 Å². The summed E-state index contributed by atoms with van der Waals surface area (Å²) in [5.41, 5.74) is 3.78. The molecule has 1 fully saturated rings. The fourth-order valence-corrected chi connectivity index (χ4v) is 5.40. The molecule has 9 heteroatoms. The van der Waals surface area contributed by atoms with Gasteiger partial charge in [-0.1, -0.05) is 11.8 Å². The summed E-state index contributed by atoms with van der Waals surface area (Å²) in [5.74, 6) is 1.00. The molecule has 1 unspecified atom stereocenters. The lowest BCUT2D eigenvalue weighted by atomic mass is 9.95. The van der Waals surface area contributed by atoms with Crippen LogP contribution in [0.5, 0.6) is 0 Å². The maximum Gasteiger partial charge on any atom is 0.235 e. The molecule has 3 heterocycles. The van der Waals surface area contributed by atoms with Crippen LogP contribution in [0, 0.1) is 36.5 Å². The Morgan fingerprint density at radius 3 is 2.69 bits per heavy atom. The second-order valence-corrected chi connectivity index (χ2v) is 9.16. The summed E-state index contributed by atoms with van der Waals surface area (Å²) in [6.07, 6.45) is 6.04. The second-order valence-electron chi connectivity index (χ2n) is 8.20. The molecule has 1 aliphatic heterocycles. The van der Waals surface area contributed by atoms with Crippen LogP contribution in [0.3, 0.4) is 0 Å². The van der Waals surface area contributed by atoms with E-state index in [1.165, 1.54) is 11.8 Å². The van der Waals surface area contributed by atoms with Crippen LogP contribution < -0.4 is 5.32 Å². The zero-order valence-corrected chi connectivity index (χ0v) is 19.2. The molecule has 2 aliphatic rings. The number of nitriles is 2. The molecule has 1 saturated heterocycles. The summed E-state index contributed by atoms with van der Waals surface area (Å²) in [6.45, 7) is 4.94. The number of carbonyl (C=O) groups is 1. The highest BCUT2D eigenvalue weighted by atomic mass is 32.2. The van der Waals surface area contributed by atoms with Crippen LogP contribution in [0.4, 0.5) is 5.82 Å². The number of ether oxygens (including phenoxy) is 1. The van der Waals surface area contributed by atoms with Crippen molar-refractivity contribution in [2.75, 3.05) is 17.7 Å². The fraction of sp³-hybridized carbons (Fsp3) is 0.522. The average molecular weight is 451 g/mol. The normalized spacial score (nSPS) is 17.4. The molecule has 0 saturated carbocycles. The van der Waals surface area contributed by atoms with Gasteiger partial charge in [-0.25, -0.2) is 9.97 Å². The van der Waals surface area contributed by atoms with Crippen molar-refractivity contribution in [3.05, 3.63) is 33.9 Å². The van der Waals surface area contributed by atoms with E-state index in [9.17, 15) is 15.3 Å². The van der Waals surface area contributed by atoms with Crippen molar-refractivity contribution in [3.63, 3.8) is 0 Å². The molecular formula is C23H26N6O2S. The standard InChI is InChI=1S/C23H26N6O2S/c1-14-18(10-24)23(27-15(2)26-14)32-13-21(30)28-22-19(11-25)17-7-3-4-8-20(17)29(22)12-16-6-5-9-31-16/h16H,3-9,12-13H2,1-2H3,(H,28,30). The Labute approximate surface area is 192 Å². The molecule has 2 aromatic rings. The second kappa shape index (κ2) is 9.72. The smallest absolute Gasteiger partial charge is 0.235 e. The monoisotopic (exact) mass is 450 g/mol. The molecule has 32 heavy (non-hydrogen) atoms.